The number of hydrogen-bond donors (Lipinski definition) is 1. The van der Waals surface area contributed by atoms with Gasteiger partial charge in [-0.1, -0.05) is 11.6 Å². The van der Waals surface area contributed by atoms with Crippen molar-refractivity contribution in [3.05, 3.63) is 45.2 Å². The summed E-state index contributed by atoms with van der Waals surface area (Å²) in [6.45, 7) is 3.45. The zero-order valence-electron chi connectivity index (χ0n) is 13.9. The third-order valence-corrected chi connectivity index (χ3v) is 4.17. The Hall–Kier alpha value is -2.67. The molecule has 1 aromatic carbocycles. The van der Waals surface area contributed by atoms with Crippen LogP contribution in [0.3, 0.4) is 0 Å². The Morgan fingerprint density at radius 1 is 1.24 bits per heavy atom. The molecule has 132 valence electrons. The number of nitrogens with one attached hydrogen (secondary N) is 1. The van der Waals surface area contributed by atoms with Crippen molar-refractivity contribution in [2.24, 2.45) is 0 Å². The van der Waals surface area contributed by atoms with Gasteiger partial charge in [-0.15, -0.1) is 0 Å². The summed E-state index contributed by atoms with van der Waals surface area (Å²) in [4.78, 5) is 27.0. The number of benzene rings is 1. The third kappa shape index (κ3) is 3.15. The van der Waals surface area contributed by atoms with E-state index >= 15 is 0 Å². The van der Waals surface area contributed by atoms with E-state index in [-0.39, 0.29) is 19.1 Å². The van der Waals surface area contributed by atoms with Gasteiger partial charge in [0.15, 0.2) is 11.5 Å². The Labute approximate surface area is 148 Å². The maximum Gasteiger partial charge on any atom is 0.355 e. The second kappa shape index (κ2) is 6.68. The number of fused-ring (bicyclic) bond motifs is 1. The number of aromatic amines is 1. The van der Waals surface area contributed by atoms with Crippen LogP contribution < -0.4 is 9.47 Å². The quantitative estimate of drug-likeness (QED) is 0.837. The summed E-state index contributed by atoms with van der Waals surface area (Å²) >= 11 is 6.10. The molecule has 1 aromatic heterocycles. The average molecular weight is 366 g/mol. The number of rotatable bonds is 4. The molecule has 8 heteroatoms. The molecule has 0 fully saturated rings. The molecule has 2 heterocycles. The van der Waals surface area contributed by atoms with Gasteiger partial charge in [-0.2, -0.15) is 0 Å². The van der Waals surface area contributed by atoms with E-state index in [2.05, 4.69) is 4.98 Å². The summed E-state index contributed by atoms with van der Waals surface area (Å²) < 4.78 is 20.6. The molecule has 3 rings (SSSR count). The molecule has 1 N–H and O–H groups in total. The lowest BCUT2D eigenvalue weighted by atomic mass is 10.1. The van der Waals surface area contributed by atoms with Crippen LogP contribution in [0.5, 0.6) is 11.5 Å². The molecule has 0 bridgehead atoms. The van der Waals surface area contributed by atoms with Crippen LogP contribution in [-0.4, -0.2) is 30.8 Å². The molecule has 0 saturated carbocycles. The largest absolute Gasteiger partial charge is 0.465 e. The summed E-state index contributed by atoms with van der Waals surface area (Å²) in [6, 6.07) is 3.35. The maximum absolute atomic E-state index is 12.3. The van der Waals surface area contributed by atoms with Gasteiger partial charge in [0.05, 0.1) is 17.7 Å². The Balaban J connectivity index is 1.76. The molecule has 0 radical (unpaired) electrons. The summed E-state index contributed by atoms with van der Waals surface area (Å²) in [7, 11) is 1.29. The molecule has 7 nitrogen and oxygen atoms in total. The van der Waals surface area contributed by atoms with E-state index < -0.39 is 11.9 Å². The number of carbonyl (C=O) groups excluding carboxylic acids is 2. The van der Waals surface area contributed by atoms with Crippen LogP contribution in [0.4, 0.5) is 0 Å². The Kier molecular flexibility index (Phi) is 4.59. The lowest BCUT2D eigenvalue weighted by Crippen LogP contribution is -2.08. The maximum atomic E-state index is 12.3. The molecule has 0 amide bonds. The smallest absolute Gasteiger partial charge is 0.355 e. The number of methoxy groups -OCH3 is 1. The number of carbonyl (C=O) groups is 2. The van der Waals surface area contributed by atoms with E-state index in [0.717, 1.165) is 0 Å². The minimum Gasteiger partial charge on any atom is -0.465 e. The minimum atomic E-state index is -0.579. The lowest BCUT2D eigenvalue weighted by molar-refractivity contribution is 0.0465. The molecule has 0 aliphatic carbocycles. The van der Waals surface area contributed by atoms with Crippen molar-refractivity contribution in [3.8, 4) is 11.5 Å². The fraction of sp³-hybridized carbons (Fsp3) is 0.294. The number of esters is 2. The molecule has 0 unspecified atom stereocenters. The SMILES string of the molecule is COC(=O)c1c(C)[nH]c(C(=O)OCc2cc(Cl)c3c(c2)OCO3)c1C. The van der Waals surface area contributed by atoms with E-state index in [1.54, 1.807) is 26.0 Å². The van der Waals surface area contributed by atoms with E-state index in [1.165, 1.54) is 7.11 Å². The van der Waals surface area contributed by atoms with Crippen LogP contribution in [0.25, 0.3) is 0 Å². The van der Waals surface area contributed by atoms with E-state index in [9.17, 15) is 9.59 Å². The van der Waals surface area contributed by atoms with Gasteiger partial charge >= 0.3 is 11.9 Å². The predicted molar refractivity (Wildman–Crippen MR) is 88.3 cm³/mol. The van der Waals surface area contributed by atoms with Crippen LogP contribution in [-0.2, 0) is 16.1 Å². The normalized spacial score (nSPS) is 12.2. The first-order valence-corrected chi connectivity index (χ1v) is 7.82. The summed E-state index contributed by atoms with van der Waals surface area (Å²) in [5.74, 6) is -0.0916. The molecule has 2 aromatic rings. The molecular formula is C17H16ClNO6. The minimum absolute atomic E-state index is 0.000256. The Morgan fingerprint density at radius 3 is 2.72 bits per heavy atom. The van der Waals surface area contributed by atoms with Gasteiger partial charge in [0.1, 0.15) is 12.3 Å². The van der Waals surface area contributed by atoms with Crippen LogP contribution in [0.1, 0.15) is 37.7 Å². The van der Waals surface area contributed by atoms with Crippen molar-refractivity contribution in [3.63, 3.8) is 0 Å². The highest BCUT2D eigenvalue weighted by atomic mass is 35.5. The summed E-state index contributed by atoms with van der Waals surface area (Å²) in [5, 5.41) is 0.390. The molecular weight excluding hydrogens is 350 g/mol. The molecule has 0 saturated heterocycles. The lowest BCUT2D eigenvalue weighted by Gasteiger charge is -2.07. The summed E-state index contributed by atoms with van der Waals surface area (Å²) in [5.41, 5.74) is 2.24. The van der Waals surface area contributed by atoms with Crippen molar-refractivity contribution in [1.29, 1.82) is 0 Å². The van der Waals surface area contributed by atoms with Gasteiger partial charge in [-0.25, -0.2) is 9.59 Å². The van der Waals surface area contributed by atoms with Crippen molar-refractivity contribution >= 4 is 23.5 Å². The number of ether oxygens (including phenoxy) is 4. The highest BCUT2D eigenvalue weighted by Crippen LogP contribution is 2.40. The highest BCUT2D eigenvalue weighted by molar-refractivity contribution is 6.32. The molecule has 0 atom stereocenters. The zero-order valence-corrected chi connectivity index (χ0v) is 14.7. The van der Waals surface area contributed by atoms with Crippen molar-refractivity contribution in [1.82, 2.24) is 4.98 Å². The van der Waals surface area contributed by atoms with Gasteiger partial charge in [0.25, 0.3) is 0 Å². The first-order valence-electron chi connectivity index (χ1n) is 7.45. The predicted octanol–water partition coefficient (Wildman–Crippen LogP) is 3.16. The van der Waals surface area contributed by atoms with Crippen molar-refractivity contribution in [2.75, 3.05) is 13.9 Å². The number of aryl methyl sites for hydroxylation is 1. The fourth-order valence-corrected chi connectivity index (χ4v) is 2.98. The number of aromatic nitrogens is 1. The van der Waals surface area contributed by atoms with Crippen LogP contribution in [0.15, 0.2) is 12.1 Å². The van der Waals surface area contributed by atoms with Crippen LogP contribution in [0.2, 0.25) is 5.02 Å². The molecule has 1 aliphatic rings. The number of H-pyrrole nitrogens is 1. The second-order valence-corrected chi connectivity index (χ2v) is 5.91. The van der Waals surface area contributed by atoms with Crippen molar-refractivity contribution in [2.45, 2.75) is 20.5 Å². The van der Waals surface area contributed by atoms with Gasteiger partial charge in [-0.3, -0.25) is 0 Å². The van der Waals surface area contributed by atoms with E-state index in [4.69, 9.17) is 30.5 Å². The fourth-order valence-electron chi connectivity index (χ4n) is 2.69. The van der Waals surface area contributed by atoms with Gasteiger partial charge in [0.2, 0.25) is 6.79 Å². The van der Waals surface area contributed by atoms with E-state index in [0.29, 0.717) is 38.9 Å². The topological polar surface area (TPSA) is 86.9 Å². The van der Waals surface area contributed by atoms with Crippen LogP contribution in [0, 0.1) is 13.8 Å². The monoisotopic (exact) mass is 365 g/mol. The first kappa shape index (κ1) is 17.2. The standard InChI is InChI=1S/C17H16ClNO6/c1-8-13(16(20)22-3)9(2)19-14(8)17(21)23-6-10-4-11(18)15-12(5-10)24-7-25-15/h4-5,19H,6-7H2,1-3H3. The average Bonchev–Trinajstić information content (AvgIpc) is 3.17. The van der Waals surface area contributed by atoms with Gasteiger partial charge in [0, 0.05) is 5.69 Å². The molecule has 1 aliphatic heterocycles. The van der Waals surface area contributed by atoms with Crippen molar-refractivity contribution < 1.29 is 28.5 Å². The van der Waals surface area contributed by atoms with Gasteiger partial charge in [-0.05, 0) is 37.1 Å². The van der Waals surface area contributed by atoms with Crippen LogP contribution >= 0.6 is 11.6 Å². The molecule has 25 heavy (non-hydrogen) atoms. The number of halogens is 1. The summed E-state index contributed by atoms with van der Waals surface area (Å²) in [6.07, 6.45) is 0. The van der Waals surface area contributed by atoms with E-state index in [1.807, 2.05) is 0 Å². The Morgan fingerprint density at radius 2 is 2.00 bits per heavy atom. The number of hydrogen-bond acceptors (Lipinski definition) is 6. The zero-order chi connectivity index (χ0) is 18.1. The molecule has 0 spiro atoms. The first-order chi connectivity index (χ1) is 11.9. The Bertz CT molecular complexity index is 857. The second-order valence-electron chi connectivity index (χ2n) is 5.50. The third-order valence-electron chi connectivity index (χ3n) is 3.89. The van der Waals surface area contributed by atoms with Gasteiger partial charge < -0.3 is 23.9 Å². The highest BCUT2D eigenvalue weighted by Gasteiger charge is 2.24.